The Hall–Kier alpha value is -2.20. The maximum atomic E-state index is 11.2. The van der Waals surface area contributed by atoms with Crippen molar-refractivity contribution >= 4 is 5.97 Å². The van der Waals surface area contributed by atoms with E-state index in [0.717, 1.165) is 11.3 Å². The first-order valence-electron chi connectivity index (χ1n) is 6.52. The third-order valence-electron chi connectivity index (χ3n) is 3.46. The Morgan fingerprint density at radius 2 is 1.80 bits per heavy atom. The summed E-state index contributed by atoms with van der Waals surface area (Å²) in [6.45, 7) is 1.68. The maximum absolute atomic E-state index is 11.2. The largest absolute Gasteiger partial charge is 0.480 e. The zero-order valence-electron chi connectivity index (χ0n) is 11.6. The lowest BCUT2D eigenvalue weighted by Gasteiger charge is -2.31. The van der Waals surface area contributed by atoms with Gasteiger partial charge in [-0.3, -0.25) is 14.7 Å². The van der Waals surface area contributed by atoms with Crippen molar-refractivity contribution in [3.05, 3.63) is 66.0 Å². The quantitative estimate of drug-likeness (QED) is 0.907. The van der Waals surface area contributed by atoms with Crippen LogP contribution in [0.1, 0.15) is 24.2 Å². The minimum Gasteiger partial charge on any atom is -0.480 e. The summed E-state index contributed by atoms with van der Waals surface area (Å²) in [6.07, 6.45) is 1.73. The first kappa shape index (κ1) is 14.2. The number of carboxylic acids is 1. The number of carbonyl (C=O) groups is 1. The highest BCUT2D eigenvalue weighted by molar-refractivity contribution is 5.73. The Kier molecular flexibility index (Phi) is 4.48. The van der Waals surface area contributed by atoms with Crippen LogP contribution in [0.15, 0.2) is 54.7 Å². The van der Waals surface area contributed by atoms with Gasteiger partial charge in [-0.15, -0.1) is 0 Å². The molecule has 2 aromatic rings. The predicted molar refractivity (Wildman–Crippen MR) is 77.4 cm³/mol. The van der Waals surface area contributed by atoms with Crippen LogP contribution in [0.5, 0.6) is 0 Å². The van der Waals surface area contributed by atoms with Crippen molar-refractivity contribution in [3.63, 3.8) is 0 Å². The van der Waals surface area contributed by atoms with E-state index in [1.807, 2.05) is 60.5 Å². The average molecular weight is 270 g/mol. The molecular weight excluding hydrogens is 252 g/mol. The minimum absolute atomic E-state index is 0.177. The maximum Gasteiger partial charge on any atom is 0.320 e. The van der Waals surface area contributed by atoms with Crippen LogP contribution in [0.25, 0.3) is 0 Å². The zero-order chi connectivity index (χ0) is 14.5. The van der Waals surface area contributed by atoms with E-state index in [9.17, 15) is 9.90 Å². The molecule has 0 fully saturated rings. The topological polar surface area (TPSA) is 53.4 Å². The highest BCUT2D eigenvalue weighted by Crippen LogP contribution is 2.27. The van der Waals surface area contributed by atoms with Crippen LogP contribution in [0, 0.1) is 0 Å². The van der Waals surface area contributed by atoms with Gasteiger partial charge in [-0.1, -0.05) is 36.4 Å². The zero-order valence-corrected chi connectivity index (χ0v) is 11.6. The summed E-state index contributed by atoms with van der Waals surface area (Å²) in [4.78, 5) is 17.4. The molecule has 0 saturated carbocycles. The van der Waals surface area contributed by atoms with Crippen molar-refractivity contribution in [1.82, 2.24) is 9.88 Å². The molecule has 0 aliphatic rings. The molecule has 0 saturated heterocycles. The molecule has 4 heteroatoms. The van der Waals surface area contributed by atoms with Crippen LogP contribution in [0.3, 0.4) is 0 Å². The number of likely N-dealkylation sites (N-methyl/N-ethyl adjacent to an activating group) is 1. The van der Waals surface area contributed by atoms with Gasteiger partial charge in [0.25, 0.3) is 0 Å². The minimum atomic E-state index is -0.843. The van der Waals surface area contributed by atoms with Gasteiger partial charge < -0.3 is 5.11 Å². The van der Waals surface area contributed by atoms with E-state index in [1.165, 1.54) is 0 Å². The fourth-order valence-electron chi connectivity index (χ4n) is 2.19. The molecule has 0 spiro atoms. The fourth-order valence-corrected chi connectivity index (χ4v) is 2.19. The molecule has 1 aromatic heterocycles. The number of benzene rings is 1. The monoisotopic (exact) mass is 270 g/mol. The normalized spacial score (nSPS) is 13.9. The Morgan fingerprint density at radius 1 is 1.15 bits per heavy atom. The lowest BCUT2D eigenvalue weighted by atomic mass is 10.0. The Morgan fingerprint density at radius 3 is 2.35 bits per heavy atom. The van der Waals surface area contributed by atoms with Crippen LogP contribution in [-0.2, 0) is 4.79 Å². The smallest absolute Gasteiger partial charge is 0.320 e. The number of aromatic nitrogens is 1. The first-order chi connectivity index (χ1) is 9.61. The molecule has 2 rings (SSSR count). The Balaban J connectivity index is 2.43. The summed E-state index contributed by atoms with van der Waals surface area (Å²) in [7, 11) is 1.81. The van der Waals surface area contributed by atoms with E-state index in [0.29, 0.717) is 0 Å². The molecule has 2 unspecified atom stereocenters. The number of hydrogen-bond donors (Lipinski definition) is 1. The second-order valence-electron chi connectivity index (χ2n) is 4.75. The van der Waals surface area contributed by atoms with E-state index in [2.05, 4.69) is 4.98 Å². The van der Waals surface area contributed by atoms with Gasteiger partial charge in [-0.25, -0.2) is 0 Å². The number of aliphatic carboxylic acids is 1. The number of pyridine rings is 1. The summed E-state index contributed by atoms with van der Waals surface area (Å²) in [6, 6.07) is 14.7. The molecule has 2 atom stereocenters. The van der Waals surface area contributed by atoms with Gasteiger partial charge in [-0.2, -0.15) is 0 Å². The molecule has 0 bridgehead atoms. The van der Waals surface area contributed by atoms with E-state index in [1.54, 1.807) is 13.1 Å². The van der Waals surface area contributed by atoms with E-state index >= 15 is 0 Å². The molecule has 4 nitrogen and oxygen atoms in total. The first-order valence-corrected chi connectivity index (χ1v) is 6.52. The SMILES string of the molecule is CC(C(=O)O)N(C)C(c1ccccc1)c1ccccn1. The van der Waals surface area contributed by atoms with Crippen molar-refractivity contribution in [1.29, 1.82) is 0 Å². The molecule has 1 heterocycles. The third-order valence-corrected chi connectivity index (χ3v) is 3.46. The van der Waals surface area contributed by atoms with Crippen molar-refractivity contribution in [2.24, 2.45) is 0 Å². The van der Waals surface area contributed by atoms with E-state index < -0.39 is 12.0 Å². The Labute approximate surface area is 118 Å². The fraction of sp³-hybridized carbons (Fsp3) is 0.250. The van der Waals surface area contributed by atoms with Gasteiger partial charge in [0.05, 0.1) is 11.7 Å². The molecule has 0 aliphatic heterocycles. The van der Waals surface area contributed by atoms with Crippen LogP contribution >= 0.6 is 0 Å². The number of rotatable bonds is 5. The second kappa shape index (κ2) is 6.30. The number of carboxylic acid groups (broad SMARTS) is 1. The van der Waals surface area contributed by atoms with Crippen LogP contribution in [0.2, 0.25) is 0 Å². The molecule has 1 N–H and O–H groups in total. The van der Waals surface area contributed by atoms with Crippen molar-refractivity contribution in [2.45, 2.75) is 19.0 Å². The highest BCUT2D eigenvalue weighted by atomic mass is 16.4. The predicted octanol–water partition coefficient (Wildman–Crippen LogP) is 2.58. The lowest BCUT2D eigenvalue weighted by Crippen LogP contribution is -2.39. The summed E-state index contributed by atoms with van der Waals surface area (Å²) in [5.41, 5.74) is 1.87. The molecule has 0 radical (unpaired) electrons. The Bertz CT molecular complexity index is 518. The van der Waals surface area contributed by atoms with Gasteiger partial charge >= 0.3 is 5.97 Å². The summed E-state index contributed by atoms with van der Waals surface area (Å²) in [5, 5.41) is 9.23. The second-order valence-corrected chi connectivity index (χ2v) is 4.75. The average Bonchev–Trinajstić information content (AvgIpc) is 2.48. The highest BCUT2D eigenvalue weighted by Gasteiger charge is 2.27. The molecule has 1 aromatic carbocycles. The summed E-state index contributed by atoms with van der Waals surface area (Å²) < 4.78 is 0. The van der Waals surface area contributed by atoms with Crippen molar-refractivity contribution in [2.75, 3.05) is 7.05 Å². The number of nitrogens with zero attached hydrogens (tertiary/aromatic N) is 2. The van der Waals surface area contributed by atoms with Gasteiger partial charge in [0.15, 0.2) is 0 Å². The van der Waals surface area contributed by atoms with Crippen LogP contribution in [-0.4, -0.2) is 34.0 Å². The van der Waals surface area contributed by atoms with Gasteiger partial charge in [-0.05, 0) is 31.7 Å². The lowest BCUT2D eigenvalue weighted by molar-refractivity contribution is -0.142. The molecular formula is C16H18N2O2. The van der Waals surface area contributed by atoms with E-state index in [-0.39, 0.29) is 6.04 Å². The standard InChI is InChI=1S/C16H18N2O2/c1-12(16(19)20)18(2)15(13-8-4-3-5-9-13)14-10-6-7-11-17-14/h3-12,15H,1-2H3,(H,19,20). The summed E-state index contributed by atoms with van der Waals surface area (Å²) in [5.74, 6) is -0.843. The number of hydrogen-bond acceptors (Lipinski definition) is 3. The molecule has 104 valence electrons. The third kappa shape index (κ3) is 3.03. The van der Waals surface area contributed by atoms with Gasteiger partial charge in [0.1, 0.15) is 6.04 Å². The molecule has 20 heavy (non-hydrogen) atoms. The summed E-state index contributed by atoms with van der Waals surface area (Å²) >= 11 is 0. The van der Waals surface area contributed by atoms with Crippen LogP contribution < -0.4 is 0 Å². The van der Waals surface area contributed by atoms with Crippen molar-refractivity contribution < 1.29 is 9.90 Å². The van der Waals surface area contributed by atoms with Crippen LogP contribution in [0.4, 0.5) is 0 Å². The molecule has 0 amide bonds. The van der Waals surface area contributed by atoms with Crippen molar-refractivity contribution in [3.8, 4) is 0 Å². The van der Waals surface area contributed by atoms with Gasteiger partial charge in [0, 0.05) is 6.20 Å². The van der Waals surface area contributed by atoms with E-state index in [4.69, 9.17) is 0 Å². The van der Waals surface area contributed by atoms with Gasteiger partial charge in [0.2, 0.25) is 0 Å². The molecule has 0 aliphatic carbocycles.